The predicted octanol–water partition coefficient (Wildman–Crippen LogP) is 4.16. The number of imidazole rings is 1. The summed E-state index contributed by atoms with van der Waals surface area (Å²) in [6.07, 6.45) is -4.45. The number of nitrogens with zero attached hydrogens (tertiary/aromatic N) is 2. The number of rotatable bonds is 3. The van der Waals surface area contributed by atoms with Gasteiger partial charge in [-0.1, -0.05) is 17.7 Å². The molecule has 8 heteroatoms. The average molecular weight is 368 g/mol. The van der Waals surface area contributed by atoms with Crippen molar-refractivity contribution in [2.75, 3.05) is 0 Å². The van der Waals surface area contributed by atoms with Gasteiger partial charge in [0.1, 0.15) is 5.82 Å². The number of amides is 1. The Balaban J connectivity index is 2.04. The van der Waals surface area contributed by atoms with Gasteiger partial charge in [-0.2, -0.15) is 13.2 Å². The van der Waals surface area contributed by atoms with Gasteiger partial charge in [0.15, 0.2) is 0 Å². The Bertz CT molecular complexity index is 979. The maximum atomic E-state index is 12.8. The zero-order chi connectivity index (χ0) is 18.4. The van der Waals surface area contributed by atoms with Crippen molar-refractivity contribution in [2.24, 2.45) is 5.73 Å². The summed E-state index contributed by atoms with van der Waals surface area (Å²) in [4.78, 5) is 15.8. The van der Waals surface area contributed by atoms with Gasteiger partial charge in [0, 0.05) is 10.6 Å². The maximum Gasteiger partial charge on any atom is 0.416 e. The number of primary amides is 1. The van der Waals surface area contributed by atoms with Crippen LogP contribution >= 0.6 is 11.6 Å². The second-order valence-corrected chi connectivity index (χ2v) is 6.02. The molecule has 0 saturated heterocycles. The minimum atomic E-state index is -4.45. The highest BCUT2D eigenvalue weighted by molar-refractivity contribution is 6.31. The van der Waals surface area contributed by atoms with Crippen LogP contribution in [0.4, 0.5) is 13.2 Å². The van der Waals surface area contributed by atoms with Gasteiger partial charge in [-0.15, -0.1) is 0 Å². The molecule has 3 aromatic rings. The number of benzene rings is 2. The van der Waals surface area contributed by atoms with Crippen LogP contribution in [0, 0.1) is 6.92 Å². The number of aryl methyl sites for hydroxylation is 1. The van der Waals surface area contributed by atoms with E-state index >= 15 is 0 Å². The first kappa shape index (κ1) is 17.3. The first-order valence-electron chi connectivity index (χ1n) is 7.29. The lowest BCUT2D eigenvalue weighted by Crippen LogP contribution is -2.11. The van der Waals surface area contributed by atoms with Gasteiger partial charge in [0.05, 0.1) is 23.1 Å². The first-order chi connectivity index (χ1) is 11.7. The molecular formula is C17H13ClF3N3O. The number of hydrogen-bond acceptors (Lipinski definition) is 2. The first-order valence-corrected chi connectivity index (χ1v) is 7.67. The summed E-state index contributed by atoms with van der Waals surface area (Å²) in [5.41, 5.74) is 6.65. The van der Waals surface area contributed by atoms with E-state index in [1.54, 1.807) is 29.7 Å². The van der Waals surface area contributed by atoms with Crippen LogP contribution in [-0.4, -0.2) is 15.5 Å². The Morgan fingerprint density at radius 3 is 2.56 bits per heavy atom. The van der Waals surface area contributed by atoms with Crippen LogP contribution < -0.4 is 5.73 Å². The van der Waals surface area contributed by atoms with E-state index in [1.807, 2.05) is 0 Å². The van der Waals surface area contributed by atoms with Crippen molar-refractivity contribution in [1.29, 1.82) is 0 Å². The van der Waals surface area contributed by atoms with Crippen LogP contribution in [0.3, 0.4) is 0 Å². The van der Waals surface area contributed by atoms with E-state index in [-0.39, 0.29) is 11.6 Å². The standard InChI is InChI=1S/C17H13ClF3N3O/c1-9-23-14-5-3-10(16(22)25)6-15(14)24(9)8-11-2-4-12(7-13(11)18)17(19,20)21/h2-7H,8H2,1H3,(H2,22,25). The van der Waals surface area contributed by atoms with E-state index in [0.717, 1.165) is 12.1 Å². The number of hydrogen-bond donors (Lipinski definition) is 1. The average Bonchev–Trinajstić information content (AvgIpc) is 2.83. The highest BCUT2D eigenvalue weighted by Gasteiger charge is 2.30. The van der Waals surface area contributed by atoms with Crippen LogP contribution in [0.2, 0.25) is 5.02 Å². The number of fused-ring (bicyclic) bond motifs is 1. The van der Waals surface area contributed by atoms with Gasteiger partial charge >= 0.3 is 6.18 Å². The molecule has 0 saturated carbocycles. The predicted molar refractivity (Wildman–Crippen MR) is 88.5 cm³/mol. The van der Waals surface area contributed by atoms with Gasteiger partial charge in [-0.05, 0) is 42.8 Å². The zero-order valence-electron chi connectivity index (χ0n) is 13.1. The number of aromatic nitrogens is 2. The van der Waals surface area contributed by atoms with Gasteiger partial charge in [-0.3, -0.25) is 4.79 Å². The zero-order valence-corrected chi connectivity index (χ0v) is 13.8. The summed E-state index contributed by atoms with van der Waals surface area (Å²) < 4.78 is 40.0. The second kappa shape index (κ2) is 6.07. The normalized spacial score (nSPS) is 11.9. The van der Waals surface area contributed by atoms with Crippen LogP contribution in [0.15, 0.2) is 36.4 Å². The summed E-state index contributed by atoms with van der Waals surface area (Å²) in [7, 11) is 0. The minimum Gasteiger partial charge on any atom is -0.366 e. The quantitative estimate of drug-likeness (QED) is 0.755. The van der Waals surface area contributed by atoms with E-state index in [0.29, 0.717) is 28.0 Å². The molecule has 0 aliphatic rings. The van der Waals surface area contributed by atoms with E-state index < -0.39 is 17.6 Å². The summed E-state index contributed by atoms with van der Waals surface area (Å²) in [5.74, 6) is 0.0763. The van der Waals surface area contributed by atoms with Gasteiger partial charge in [-0.25, -0.2) is 4.98 Å². The van der Waals surface area contributed by atoms with Gasteiger partial charge in [0.2, 0.25) is 5.91 Å². The second-order valence-electron chi connectivity index (χ2n) is 5.62. The summed E-state index contributed by atoms with van der Waals surface area (Å²) in [6.45, 7) is 1.99. The van der Waals surface area contributed by atoms with Crippen LogP contribution in [0.1, 0.15) is 27.3 Å². The Labute approximate surface area is 146 Å². The number of nitrogens with two attached hydrogens (primary N) is 1. The van der Waals surface area contributed by atoms with Gasteiger partial charge in [0.25, 0.3) is 0 Å². The van der Waals surface area contributed by atoms with Crippen molar-refractivity contribution in [3.8, 4) is 0 Å². The number of carbonyl (C=O) groups excluding carboxylic acids is 1. The number of carbonyl (C=O) groups is 1. The fourth-order valence-electron chi connectivity index (χ4n) is 2.62. The van der Waals surface area contributed by atoms with Crippen molar-refractivity contribution in [3.63, 3.8) is 0 Å². The lowest BCUT2D eigenvalue weighted by Gasteiger charge is -2.12. The Hall–Kier alpha value is -2.54. The molecule has 0 unspecified atom stereocenters. The molecule has 130 valence electrons. The molecule has 1 amide bonds. The number of halogens is 4. The molecule has 0 aliphatic heterocycles. The lowest BCUT2D eigenvalue weighted by molar-refractivity contribution is -0.137. The molecule has 0 aliphatic carbocycles. The highest BCUT2D eigenvalue weighted by Crippen LogP contribution is 2.32. The molecule has 0 radical (unpaired) electrons. The molecule has 1 heterocycles. The topological polar surface area (TPSA) is 60.9 Å². The van der Waals surface area contributed by atoms with E-state index in [1.165, 1.54) is 6.07 Å². The van der Waals surface area contributed by atoms with E-state index in [9.17, 15) is 18.0 Å². The molecule has 25 heavy (non-hydrogen) atoms. The molecule has 4 nitrogen and oxygen atoms in total. The van der Waals surface area contributed by atoms with Crippen LogP contribution in [-0.2, 0) is 12.7 Å². The summed E-state index contributed by atoms with van der Waals surface area (Å²) in [6, 6.07) is 8.09. The van der Waals surface area contributed by atoms with E-state index in [4.69, 9.17) is 17.3 Å². The molecule has 3 rings (SSSR count). The fraction of sp³-hybridized carbons (Fsp3) is 0.176. The molecule has 0 bridgehead atoms. The lowest BCUT2D eigenvalue weighted by atomic mass is 10.1. The molecule has 1 aromatic heterocycles. The van der Waals surface area contributed by atoms with Crippen molar-refractivity contribution >= 4 is 28.5 Å². The highest BCUT2D eigenvalue weighted by atomic mass is 35.5. The number of alkyl halides is 3. The summed E-state index contributed by atoms with van der Waals surface area (Å²) in [5, 5.41) is 0.0159. The molecule has 2 N–H and O–H groups in total. The van der Waals surface area contributed by atoms with Crippen molar-refractivity contribution in [1.82, 2.24) is 9.55 Å². The molecule has 0 spiro atoms. The Morgan fingerprint density at radius 1 is 1.24 bits per heavy atom. The smallest absolute Gasteiger partial charge is 0.366 e. The summed E-state index contributed by atoms with van der Waals surface area (Å²) >= 11 is 6.03. The van der Waals surface area contributed by atoms with Crippen LogP contribution in [0.25, 0.3) is 11.0 Å². The van der Waals surface area contributed by atoms with Crippen molar-refractivity contribution < 1.29 is 18.0 Å². The van der Waals surface area contributed by atoms with Crippen LogP contribution in [0.5, 0.6) is 0 Å². The van der Waals surface area contributed by atoms with Gasteiger partial charge < -0.3 is 10.3 Å². The molecule has 0 atom stereocenters. The maximum absolute atomic E-state index is 12.8. The van der Waals surface area contributed by atoms with Crippen molar-refractivity contribution in [2.45, 2.75) is 19.6 Å². The van der Waals surface area contributed by atoms with Crippen molar-refractivity contribution in [3.05, 3.63) is 63.9 Å². The monoisotopic (exact) mass is 367 g/mol. The molecule has 0 fully saturated rings. The third-order valence-electron chi connectivity index (χ3n) is 3.93. The Morgan fingerprint density at radius 2 is 1.96 bits per heavy atom. The third-order valence-corrected chi connectivity index (χ3v) is 4.28. The molecule has 2 aromatic carbocycles. The van der Waals surface area contributed by atoms with E-state index in [2.05, 4.69) is 4.98 Å². The third kappa shape index (κ3) is 3.32. The largest absolute Gasteiger partial charge is 0.416 e. The fourth-order valence-corrected chi connectivity index (χ4v) is 2.86. The molecular weight excluding hydrogens is 355 g/mol. The Kier molecular flexibility index (Phi) is 4.20. The SMILES string of the molecule is Cc1nc2ccc(C(N)=O)cc2n1Cc1ccc(C(F)(F)F)cc1Cl. The minimum absolute atomic E-state index is 0.0159.